The molecule has 1 fully saturated rings. The van der Waals surface area contributed by atoms with Crippen LogP contribution in [0, 0.1) is 0 Å². The summed E-state index contributed by atoms with van der Waals surface area (Å²) in [5, 5.41) is 13.2. The van der Waals surface area contributed by atoms with E-state index < -0.39 is 5.54 Å². The van der Waals surface area contributed by atoms with E-state index in [1.165, 1.54) is 0 Å². The van der Waals surface area contributed by atoms with E-state index >= 15 is 0 Å². The number of ether oxygens (including phenoxy) is 2. The number of rotatable bonds is 8. The summed E-state index contributed by atoms with van der Waals surface area (Å²) in [5.74, 6) is -0.215. The number of aliphatic hydroxyl groups is 1. The van der Waals surface area contributed by atoms with Crippen LogP contribution >= 0.6 is 0 Å². The van der Waals surface area contributed by atoms with E-state index in [0.29, 0.717) is 32.1 Å². The summed E-state index contributed by atoms with van der Waals surface area (Å²) in [6, 6.07) is 13.8. The van der Waals surface area contributed by atoms with E-state index in [9.17, 15) is 9.90 Å². The molecule has 0 radical (unpaired) electrons. The minimum atomic E-state index is -0.675. The monoisotopic (exact) mass is 387 g/mol. The Balaban J connectivity index is 1.72. The smallest absolute Gasteiger partial charge is 0.267 e. The van der Waals surface area contributed by atoms with E-state index in [1.54, 1.807) is 13.2 Å². The molecule has 1 aliphatic heterocycles. The highest BCUT2D eigenvalue weighted by Crippen LogP contribution is 2.26. The number of morpholine rings is 1. The number of nitrogens with one attached hydrogen (secondary N) is 2. The second-order valence-corrected chi connectivity index (χ2v) is 7.37. The highest BCUT2D eigenvalue weighted by molar-refractivity contribution is 5.92. The van der Waals surface area contributed by atoms with Crippen LogP contribution in [-0.2, 0) is 22.6 Å². The molecule has 3 rings (SSSR count). The predicted octanol–water partition coefficient (Wildman–Crippen LogP) is 1.54. The largest absolute Gasteiger partial charge is 0.394 e. The van der Waals surface area contributed by atoms with Crippen LogP contribution < -0.4 is 5.32 Å². The molecule has 2 heterocycles. The maximum Gasteiger partial charge on any atom is 0.267 e. The van der Waals surface area contributed by atoms with Crippen molar-refractivity contribution >= 4 is 5.91 Å². The van der Waals surface area contributed by atoms with Gasteiger partial charge in [-0.05, 0) is 24.6 Å². The van der Waals surface area contributed by atoms with Crippen LogP contribution in [0.1, 0.15) is 28.7 Å². The first kappa shape index (κ1) is 20.5. The average Bonchev–Trinajstić information content (AvgIpc) is 3.18. The van der Waals surface area contributed by atoms with Crippen LogP contribution in [0.2, 0.25) is 0 Å². The van der Waals surface area contributed by atoms with Crippen molar-refractivity contribution in [2.75, 3.05) is 33.5 Å². The lowest BCUT2D eigenvalue weighted by Crippen LogP contribution is -2.66. The Morgan fingerprint density at radius 3 is 2.86 bits per heavy atom. The summed E-state index contributed by atoms with van der Waals surface area (Å²) in [6.07, 6.45) is 0. The second kappa shape index (κ2) is 9.34. The molecule has 1 saturated heterocycles. The molecule has 0 saturated carbocycles. The van der Waals surface area contributed by atoms with Crippen molar-refractivity contribution in [2.24, 2.45) is 0 Å². The zero-order valence-corrected chi connectivity index (χ0v) is 16.5. The molecule has 0 unspecified atom stereocenters. The number of H-pyrrole nitrogens is 1. The topological polar surface area (TPSA) is 86.8 Å². The van der Waals surface area contributed by atoms with Gasteiger partial charge < -0.3 is 24.9 Å². The van der Waals surface area contributed by atoms with Crippen LogP contribution in [-0.4, -0.2) is 66.0 Å². The number of amides is 1. The first-order valence-electron chi connectivity index (χ1n) is 9.52. The fourth-order valence-electron chi connectivity index (χ4n) is 3.66. The van der Waals surface area contributed by atoms with Crippen molar-refractivity contribution in [1.29, 1.82) is 0 Å². The van der Waals surface area contributed by atoms with Gasteiger partial charge in [0.25, 0.3) is 5.91 Å². The number of carbonyl (C=O) groups is 1. The lowest BCUT2D eigenvalue weighted by Gasteiger charge is -2.49. The van der Waals surface area contributed by atoms with Gasteiger partial charge in [-0.2, -0.15) is 0 Å². The molecule has 2 aromatic rings. The first-order chi connectivity index (χ1) is 13.6. The zero-order valence-electron chi connectivity index (χ0n) is 16.5. The molecule has 3 N–H and O–H groups in total. The fourth-order valence-corrected chi connectivity index (χ4v) is 3.66. The molecule has 0 aliphatic carbocycles. The number of aromatic nitrogens is 1. The number of carbonyl (C=O) groups excluding carboxylic acids is 1. The van der Waals surface area contributed by atoms with Crippen molar-refractivity contribution in [3.05, 3.63) is 59.4 Å². The van der Waals surface area contributed by atoms with Crippen molar-refractivity contribution in [3.8, 4) is 0 Å². The van der Waals surface area contributed by atoms with Gasteiger partial charge >= 0.3 is 0 Å². The third-order valence-corrected chi connectivity index (χ3v) is 5.23. The molecule has 1 aromatic heterocycles. The summed E-state index contributed by atoms with van der Waals surface area (Å²) in [6.45, 7) is 4.32. The van der Waals surface area contributed by atoms with Gasteiger partial charge in [0, 0.05) is 31.9 Å². The first-order valence-corrected chi connectivity index (χ1v) is 9.52. The molecular weight excluding hydrogens is 358 g/mol. The third kappa shape index (κ3) is 4.62. The molecular formula is C21H29N3O4. The molecule has 0 bridgehead atoms. The summed E-state index contributed by atoms with van der Waals surface area (Å²) >= 11 is 0. The molecule has 1 amide bonds. The Kier molecular flexibility index (Phi) is 6.85. The average molecular weight is 387 g/mol. The number of methoxy groups -OCH3 is 1. The molecule has 28 heavy (non-hydrogen) atoms. The van der Waals surface area contributed by atoms with Gasteiger partial charge in [0.2, 0.25) is 0 Å². The van der Waals surface area contributed by atoms with E-state index in [4.69, 9.17) is 9.47 Å². The lowest BCUT2D eigenvalue weighted by molar-refractivity contribution is -0.121. The molecule has 1 aromatic carbocycles. The molecule has 2 atom stereocenters. The summed E-state index contributed by atoms with van der Waals surface area (Å²) in [7, 11) is 1.61. The molecule has 0 spiro atoms. The maximum atomic E-state index is 12.6. The van der Waals surface area contributed by atoms with E-state index in [1.807, 2.05) is 24.3 Å². The third-order valence-electron chi connectivity index (χ3n) is 5.23. The van der Waals surface area contributed by atoms with Gasteiger partial charge in [0.1, 0.15) is 5.69 Å². The van der Waals surface area contributed by atoms with Crippen molar-refractivity contribution in [2.45, 2.75) is 31.7 Å². The Morgan fingerprint density at radius 1 is 1.36 bits per heavy atom. The van der Waals surface area contributed by atoms with Crippen LogP contribution in [0.15, 0.2) is 42.5 Å². The van der Waals surface area contributed by atoms with Crippen molar-refractivity contribution in [1.82, 2.24) is 15.2 Å². The molecule has 152 valence electrons. The van der Waals surface area contributed by atoms with Gasteiger partial charge in [-0.3, -0.25) is 9.69 Å². The standard InChI is InChI=1S/C21H29N3O4/c1-16-11-28-15-21(14-25,24(16)10-17-6-4-3-5-7-17)13-22-20(26)19-9-8-18(23-19)12-27-2/h3-9,16,23,25H,10-15H2,1-2H3,(H,22,26)/t16-,21+/m1/s1. The molecule has 7 heteroatoms. The van der Waals surface area contributed by atoms with Crippen LogP contribution in [0.25, 0.3) is 0 Å². The van der Waals surface area contributed by atoms with Gasteiger partial charge in [-0.25, -0.2) is 0 Å². The lowest BCUT2D eigenvalue weighted by atomic mass is 9.94. The van der Waals surface area contributed by atoms with Gasteiger partial charge in [0.05, 0.1) is 32.0 Å². The minimum absolute atomic E-state index is 0.107. The Hall–Kier alpha value is -2.19. The highest BCUT2D eigenvalue weighted by Gasteiger charge is 2.42. The fraction of sp³-hybridized carbons (Fsp3) is 0.476. The second-order valence-electron chi connectivity index (χ2n) is 7.37. The molecule has 1 aliphatic rings. The normalized spacial score (nSPS) is 22.9. The number of benzene rings is 1. The zero-order chi connectivity index (χ0) is 20.0. The van der Waals surface area contributed by atoms with Gasteiger partial charge in [-0.1, -0.05) is 30.3 Å². The predicted molar refractivity (Wildman–Crippen MR) is 106 cm³/mol. The number of hydrogen-bond donors (Lipinski definition) is 3. The van der Waals surface area contributed by atoms with Crippen LogP contribution in [0.4, 0.5) is 0 Å². The quantitative estimate of drug-likeness (QED) is 0.640. The number of hydrogen-bond acceptors (Lipinski definition) is 5. The van der Waals surface area contributed by atoms with Crippen LogP contribution in [0.3, 0.4) is 0 Å². The van der Waals surface area contributed by atoms with Crippen molar-refractivity contribution in [3.63, 3.8) is 0 Å². The Labute approximate surface area is 165 Å². The van der Waals surface area contributed by atoms with Gasteiger partial charge in [-0.15, -0.1) is 0 Å². The number of nitrogens with zero attached hydrogens (tertiary/aromatic N) is 1. The maximum absolute atomic E-state index is 12.6. The number of aromatic amines is 1. The Morgan fingerprint density at radius 2 is 2.14 bits per heavy atom. The SMILES string of the molecule is COCc1ccc(C(=O)NC[C@]2(CO)COC[C@@H](C)N2Cc2ccccc2)[nH]1. The minimum Gasteiger partial charge on any atom is -0.394 e. The van der Waals surface area contributed by atoms with E-state index in [0.717, 1.165) is 11.3 Å². The summed E-state index contributed by atoms with van der Waals surface area (Å²) < 4.78 is 10.8. The Bertz CT molecular complexity index is 764. The summed E-state index contributed by atoms with van der Waals surface area (Å²) in [4.78, 5) is 17.9. The number of aliphatic hydroxyl groups excluding tert-OH is 1. The van der Waals surface area contributed by atoms with Crippen molar-refractivity contribution < 1.29 is 19.4 Å². The van der Waals surface area contributed by atoms with E-state index in [2.05, 4.69) is 34.3 Å². The highest BCUT2D eigenvalue weighted by atomic mass is 16.5. The molecule has 7 nitrogen and oxygen atoms in total. The van der Waals surface area contributed by atoms with Gasteiger partial charge in [0.15, 0.2) is 0 Å². The summed E-state index contributed by atoms with van der Waals surface area (Å²) in [5.41, 5.74) is 1.80. The van der Waals surface area contributed by atoms with E-state index in [-0.39, 0.29) is 25.1 Å². The van der Waals surface area contributed by atoms with Crippen LogP contribution in [0.5, 0.6) is 0 Å².